The van der Waals surface area contributed by atoms with Gasteiger partial charge in [-0.1, -0.05) is 30.3 Å². The third kappa shape index (κ3) is 5.36. The Morgan fingerprint density at radius 3 is 2.00 bits per heavy atom. The predicted molar refractivity (Wildman–Crippen MR) is 66.7 cm³/mol. The van der Waals surface area contributed by atoms with Crippen LogP contribution in [0.4, 0.5) is 0 Å². The monoisotopic (exact) mass is 302 g/mol. The zero-order valence-corrected chi connectivity index (χ0v) is 12.8. The highest BCUT2D eigenvalue weighted by Crippen LogP contribution is 2.23. The fourth-order valence-corrected chi connectivity index (χ4v) is 2.12. The van der Waals surface area contributed by atoms with Gasteiger partial charge in [0.15, 0.2) is 0 Å². The first-order valence-corrected chi connectivity index (χ1v) is 7.15. The Hall–Kier alpha value is -1.31. The van der Waals surface area contributed by atoms with E-state index in [0.717, 1.165) is 5.56 Å². The fourth-order valence-electron chi connectivity index (χ4n) is 1.71. The van der Waals surface area contributed by atoms with Gasteiger partial charge in [0, 0.05) is 20.6 Å². The van der Waals surface area contributed by atoms with Gasteiger partial charge in [-0.3, -0.25) is 0 Å². The molecule has 0 saturated heterocycles. The van der Waals surface area contributed by atoms with Crippen LogP contribution in [0, 0.1) is 10.2 Å². The van der Waals surface area contributed by atoms with Crippen LogP contribution in [0.5, 0.6) is 0 Å². The Morgan fingerprint density at radius 1 is 1.05 bits per heavy atom. The molecule has 0 fully saturated rings. The van der Waals surface area contributed by atoms with Crippen LogP contribution in [0.2, 0.25) is 0 Å². The Balaban J connectivity index is 3.31. The molecule has 0 bridgehead atoms. The highest BCUT2D eigenvalue weighted by Gasteiger charge is 2.28. The van der Waals surface area contributed by atoms with Crippen molar-refractivity contribution >= 4 is 5.57 Å². The van der Waals surface area contributed by atoms with E-state index in [-0.39, 0.29) is 5.88 Å². The van der Waals surface area contributed by atoms with Gasteiger partial charge in [-0.15, -0.1) is 0 Å². The highest BCUT2D eigenvalue weighted by atomic mass is 35.7. The number of halogens is 1. The van der Waals surface area contributed by atoms with Gasteiger partial charge < -0.3 is 9.80 Å². The van der Waals surface area contributed by atoms with Crippen molar-refractivity contribution in [2.45, 2.75) is 0 Å². The maximum Gasteiger partial charge on any atom is 0.362 e. The average Bonchev–Trinajstić information content (AvgIpc) is 2.33. The Bertz CT molecular complexity index is 455. The van der Waals surface area contributed by atoms with E-state index in [1.54, 1.807) is 14.1 Å². The molecule has 0 amide bonds. The molecular weight excluding hydrogens is 284 g/mol. The second-order valence-electron chi connectivity index (χ2n) is 4.74. The second kappa shape index (κ2) is 6.92. The number of hydrogen-bond acceptors (Lipinski definition) is 6. The number of hydrogen-bond donors (Lipinski definition) is 0. The number of benzene rings is 1. The molecule has 1 aromatic rings. The number of rotatable bonds is 6. The van der Waals surface area contributed by atoms with Gasteiger partial charge in [0.05, 0.1) is 5.57 Å². The van der Waals surface area contributed by atoms with Gasteiger partial charge in [-0.2, -0.15) is 14.0 Å². The summed E-state index contributed by atoms with van der Waals surface area (Å²) in [5.41, 5.74) is 1.41. The van der Waals surface area contributed by atoms with Crippen molar-refractivity contribution in [2.75, 3.05) is 34.7 Å². The lowest BCUT2D eigenvalue weighted by Crippen LogP contribution is -2.61. The van der Waals surface area contributed by atoms with Crippen molar-refractivity contribution in [1.82, 2.24) is 9.80 Å². The van der Waals surface area contributed by atoms with Gasteiger partial charge in [-0.25, -0.2) is 0 Å². The topological polar surface area (TPSA) is 84.9 Å². The summed E-state index contributed by atoms with van der Waals surface area (Å²) in [7, 11) is 2.39. The van der Waals surface area contributed by atoms with E-state index in [0.29, 0.717) is 12.1 Å². The number of nitrogens with zero attached hydrogens (tertiary/aromatic N) is 2. The summed E-state index contributed by atoms with van der Waals surface area (Å²) in [6.07, 6.45) is 0. The molecule has 0 spiro atoms. The molecule has 0 unspecified atom stereocenters. The molecule has 1 rings (SSSR count). The quantitative estimate of drug-likeness (QED) is 0.588. The summed E-state index contributed by atoms with van der Waals surface area (Å²) in [5, 5.41) is 0. The van der Waals surface area contributed by atoms with Crippen molar-refractivity contribution in [3.8, 4) is 0 Å². The summed E-state index contributed by atoms with van der Waals surface area (Å²) in [6.45, 7) is 0.433. The van der Waals surface area contributed by atoms with Crippen molar-refractivity contribution in [3.63, 3.8) is 0 Å². The SMILES string of the molecule is CN(C)C/C(=C(\O[Cl+3]([O-])([O-])[O-])N(C)C)c1ccccc1. The Morgan fingerprint density at radius 2 is 1.60 bits per heavy atom. The third-order valence-electron chi connectivity index (χ3n) is 2.43. The first-order chi connectivity index (χ1) is 9.20. The molecule has 0 saturated carbocycles. The number of likely N-dealkylation sites (N-methyl/N-ethyl adjacent to an activating group) is 1. The van der Waals surface area contributed by atoms with E-state index in [4.69, 9.17) is 0 Å². The van der Waals surface area contributed by atoms with E-state index < -0.39 is 10.2 Å². The van der Waals surface area contributed by atoms with Gasteiger partial charge in [0.25, 0.3) is 0 Å². The van der Waals surface area contributed by atoms with Crippen molar-refractivity contribution in [2.24, 2.45) is 0 Å². The standard InChI is InChI=1S/C13H19ClN2O4/c1-15(2)10-12(11-8-6-5-7-9-11)13(16(3)4)20-14(17,18)19/h5-9H,10H2,1-4H3/b13-12+. The molecule has 0 heterocycles. The lowest BCUT2D eigenvalue weighted by molar-refractivity contribution is -1.92. The summed E-state index contributed by atoms with van der Waals surface area (Å²) in [5.74, 6) is 0.0153. The summed E-state index contributed by atoms with van der Waals surface area (Å²) < 4.78 is 37.2. The minimum absolute atomic E-state index is 0.0153. The molecule has 20 heavy (non-hydrogen) atoms. The van der Waals surface area contributed by atoms with Crippen molar-refractivity contribution in [3.05, 3.63) is 41.8 Å². The summed E-state index contributed by atoms with van der Waals surface area (Å²) in [4.78, 5) is 3.33. The Labute approximate surface area is 121 Å². The molecule has 0 aliphatic carbocycles. The minimum Gasteiger partial charge on any atom is -0.335 e. The van der Waals surface area contributed by atoms with Crippen molar-refractivity contribution in [1.29, 1.82) is 0 Å². The largest absolute Gasteiger partial charge is 0.362 e. The molecule has 0 aliphatic heterocycles. The normalized spacial score (nSPS) is 13.2. The smallest absolute Gasteiger partial charge is 0.335 e. The minimum atomic E-state index is -4.54. The summed E-state index contributed by atoms with van der Waals surface area (Å²) in [6, 6.07) is 9.19. The van der Waals surface area contributed by atoms with Crippen LogP contribution in [0.15, 0.2) is 36.2 Å². The zero-order chi connectivity index (χ0) is 15.3. The van der Waals surface area contributed by atoms with E-state index in [2.05, 4.69) is 4.29 Å². The molecule has 0 aliphatic rings. The molecule has 7 heteroatoms. The highest BCUT2D eigenvalue weighted by molar-refractivity contribution is 5.68. The summed E-state index contributed by atoms with van der Waals surface area (Å²) >= 11 is 0. The Kier molecular flexibility index (Phi) is 5.79. The molecule has 0 aromatic heterocycles. The zero-order valence-electron chi connectivity index (χ0n) is 12.0. The van der Waals surface area contributed by atoms with E-state index >= 15 is 0 Å². The van der Waals surface area contributed by atoms with Crippen LogP contribution >= 0.6 is 0 Å². The molecule has 1 aromatic carbocycles. The van der Waals surface area contributed by atoms with Gasteiger partial charge >= 0.3 is 5.88 Å². The van der Waals surface area contributed by atoms with Crippen LogP contribution in [-0.2, 0) is 4.29 Å². The average molecular weight is 303 g/mol. The molecule has 6 nitrogen and oxygen atoms in total. The lowest BCUT2D eigenvalue weighted by Gasteiger charge is -2.22. The van der Waals surface area contributed by atoms with E-state index in [1.165, 1.54) is 4.90 Å². The molecule has 0 N–H and O–H groups in total. The third-order valence-corrected chi connectivity index (χ3v) is 2.76. The maximum absolute atomic E-state index is 10.9. The molecular formula is C13H19ClN2O4. The van der Waals surface area contributed by atoms with Crippen LogP contribution in [-0.4, -0.2) is 44.5 Å². The van der Waals surface area contributed by atoms with Crippen LogP contribution in [0.3, 0.4) is 0 Å². The van der Waals surface area contributed by atoms with Crippen molar-refractivity contribution < 1.29 is 28.5 Å². The molecule has 0 radical (unpaired) electrons. The van der Waals surface area contributed by atoms with E-state index in [1.807, 2.05) is 49.3 Å². The predicted octanol–water partition coefficient (Wildman–Crippen LogP) is -1.61. The van der Waals surface area contributed by atoms with Gasteiger partial charge in [0.1, 0.15) is 10.2 Å². The fraction of sp³-hybridized carbons (Fsp3) is 0.385. The van der Waals surface area contributed by atoms with Crippen LogP contribution in [0.1, 0.15) is 5.56 Å². The molecule has 112 valence electrons. The van der Waals surface area contributed by atoms with Gasteiger partial charge in [-0.05, 0) is 23.9 Å². The maximum atomic E-state index is 10.9. The second-order valence-corrected chi connectivity index (χ2v) is 5.65. The first-order valence-electron chi connectivity index (χ1n) is 5.91. The van der Waals surface area contributed by atoms with Crippen LogP contribution < -0.4 is 14.0 Å². The lowest BCUT2D eigenvalue weighted by atomic mass is 10.1. The van der Waals surface area contributed by atoms with Crippen LogP contribution in [0.25, 0.3) is 5.57 Å². The molecule has 0 atom stereocenters. The van der Waals surface area contributed by atoms with E-state index in [9.17, 15) is 14.0 Å². The first kappa shape index (κ1) is 16.7. The van der Waals surface area contributed by atoms with Gasteiger partial charge in [0.2, 0.25) is 0 Å².